The number of hydrogen-bond acceptors (Lipinski definition) is 4. The molecule has 0 spiro atoms. The number of halogens is 1. The molecule has 0 atom stereocenters. The zero-order valence-electron chi connectivity index (χ0n) is 19.0. The van der Waals surface area contributed by atoms with Gasteiger partial charge in [0.1, 0.15) is 17.3 Å². The van der Waals surface area contributed by atoms with E-state index >= 15 is 0 Å². The fourth-order valence-corrected chi connectivity index (χ4v) is 3.72. The van der Waals surface area contributed by atoms with Crippen LogP contribution in [0.4, 0.5) is 4.39 Å². The van der Waals surface area contributed by atoms with Crippen molar-refractivity contribution in [1.82, 2.24) is 10.2 Å². The molecule has 0 saturated heterocycles. The van der Waals surface area contributed by atoms with Gasteiger partial charge in [0.05, 0.1) is 13.7 Å². The fraction of sp³-hybridized carbons (Fsp3) is 0.179. The molecule has 1 aromatic heterocycles. The molecule has 0 saturated carbocycles. The Balaban J connectivity index is 1.44. The summed E-state index contributed by atoms with van der Waals surface area (Å²) in [6.07, 6.45) is 0. The molecule has 3 aromatic carbocycles. The number of ether oxygens (including phenoxy) is 1. The van der Waals surface area contributed by atoms with E-state index in [0.29, 0.717) is 31.9 Å². The molecule has 6 heteroatoms. The summed E-state index contributed by atoms with van der Waals surface area (Å²) < 4.78 is 24.8. The maximum atomic E-state index is 13.7. The van der Waals surface area contributed by atoms with Gasteiger partial charge in [-0.25, -0.2) is 4.39 Å². The number of amides is 1. The first-order chi connectivity index (χ1) is 16.6. The van der Waals surface area contributed by atoms with Crippen LogP contribution >= 0.6 is 0 Å². The maximum Gasteiger partial charge on any atom is 0.287 e. The number of furan rings is 1. The number of benzene rings is 3. The molecule has 4 aromatic rings. The number of carbonyl (C=O) groups excluding carboxylic acids is 1. The van der Waals surface area contributed by atoms with Crippen LogP contribution in [0.3, 0.4) is 0 Å². The first kappa shape index (κ1) is 23.3. The number of rotatable bonds is 10. The van der Waals surface area contributed by atoms with E-state index in [4.69, 9.17) is 9.15 Å². The first-order valence-corrected chi connectivity index (χ1v) is 11.1. The molecular formula is C28H27FN2O3. The predicted octanol–water partition coefficient (Wildman–Crippen LogP) is 5.56. The van der Waals surface area contributed by atoms with Crippen molar-refractivity contribution in [3.8, 4) is 5.75 Å². The van der Waals surface area contributed by atoms with Gasteiger partial charge in [0, 0.05) is 19.6 Å². The minimum atomic E-state index is -0.266. The van der Waals surface area contributed by atoms with Gasteiger partial charge in [0.25, 0.3) is 5.91 Å². The van der Waals surface area contributed by atoms with Gasteiger partial charge in [-0.05, 0) is 53.1 Å². The Morgan fingerprint density at radius 1 is 0.853 bits per heavy atom. The van der Waals surface area contributed by atoms with Gasteiger partial charge in [0.2, 0.25) is 0 Å². The first-order valence-electron chi connectivity index (χ1n) is 11.1. The molecule has 34 heavy (non-hydrogen) atoms. The van der Waals surface area contributed by atoms with Crippen LogP contribution in [-0.2, 0) is 26.2 Å². The number of methoxy groups -OCH3 is 1. The summed E-state index contributed by atoms with van der Waals surface area (Å²) in [4.78, 5) is 14.7. The monoisotopic (exact) mass is 458 g/mol. The van der Waals surface area contributed by atoms with Gasteiger partial charge in [-0.2, -0.15) is 0 Å². The third-order valence-electron chi connectivity index (χ3n) is 5.42. The van der Waals surface area contributed by atoms with E-state index in [2.05, 4.69) is 10.2 Å². The summed E-state index contributed by atoms with van der Waals surface area (Å²) in [5, 5.41) is 2.88. The Bertz CT molecular complexity index is 1210. The third-order valence-corrected chi connectivity index (χ3v) is 5.42. The Labute approximate surface area is 198 Å². The molecule has 0 aliphatic heterocycles. The number of hydrogen-bond donors (Lipinski definition) is 1. The molecule has 0 radical (unpaired) electrons. The largest absolute Gasteiger partial charge is 0.497 e. The van der Waals surface area contributed by atoms with E-state index in [1.165, 1.54) is 12.1 Å². The van der Waals surface area contributed by atoms with E-state index in [-0.39, 0.29) is 17.5 Å². The van der Waals surface area contributed by atoms with E-state index in [1.54, 1.807) is 19.2 Å². The lowest BCUT2D eigenvalue weighted by molar-refractivity contribution is 0.0918. The number of carbonyl (C=O) groups is 1. The van der Waals surface area contributed by atoms with Gasteiger partial charge in [-0.1, -0.05) is 54.6 Å². The van der Waals surface area contributed by atoms with Crippen LogP contribution in [0.5, 0.6) is 5.75 Å². The van der Waals surface area contributed by atoms with Crippen LogP contribution in [-0.4, -0.2) is 17.9 Å². The molecule has 0 aliphatic carbocycles. The van der Waals surface area contributed by atoms with Crippen molar-refractivity contribution in [2.45, 2.75) is 26.2 Å². The highest BCUT2D eigenvalue weighted by molar-refractivity contribution is 5.91. The molecule has 174 valence electrons. The summed E-state index contributed by atoms with van der Waals surface area (Å²) in [5.41, 5.74) is 2.97. The zero-order chi connectivity index (χ0) is 23.8. The van der Waals surface area contributed by atoms with Crippen molar-refractivity contribution < 1.29 is 18.3 Å². The number of nitrogens with one attached hydrogen (secondary N) is 1. The Hall–Kier alpha value is -3.90. The van der Waals surface area contributed by atoms with Crippen LogP contribution in [0.15, 0.2) is 95.4 Å². The normalized spacial score (nSPS) is 10.9. The lowest BCUT2D eigenvalue weighted by atomic mass is 10.1. The lowest BCUT2D eigenvalue weighted by Gasteiger charge is -2.22. The van der Waals surface area contributed by atoms with Gasteiger partial charge >= 0.3 is 0 Å². The van der Waals surface area contributed by atoms with Crippen LogP contribution in [0.2, 0.25) is 0 Å². The second kappa shape index (κ2) is 11.3. The summed E-state index contributed by atoms with van der Waals surface area (Å²) in [6, 6.07) is 27.6. The SMILES string of the molecule is COc1ccc(CN(Cc2cccc(F)c2)Cc2ccc(C(=O)NCc3ccccc3)o2)cc1. The number of nitrogens with zero attached hydrogens (tertiary/aromatic N) is 1. The van der Waals surface area contributed by atoms with Gasteiger partial charge in [0.15, 0.2) is 5.76 Å². The van der Waals surface area contributed by atoms with Crippen molar-refractivity contribution in [1.29, 1.82) is 0 Å². The average Bonchev–Trinajstić information content (AvgIpc) is 3.32. The quantitative estimate of drug-likeness (QED) is 0.338. The van der Waals surface area contributed by atoms with Gasteiger partial charge in [-0.15, -0.1) is 0 Å². The second-order valence-electron chi connectivity index (χ2n) is 8.06. The van der Waals surface area contributed by atoms with E-state index in [9.17, 15) is 9.18 Å². The topological polar surface area (TPSA) is 54.7 Å². The van der Waals surface area contributed by atoms with Crippen molar-refractivity contribution in [2.24, 2.45) is 0 Å². The summed E-state index contributed by atoms with van der Waals surface area (Å²) >= 11 is 0. The Kier molecular flexibility index (Phi) is 7.73. The summed E-state index contributed by atoms with van der Waals surface area (Å²) in [7, 11) is 1.63. The molecule has 0 bridgehead atoms. The molecule has 4 rings (SSSR count). The maximum absolute atomic E-state index is 13.7. The average molecular weight is 459 g/mol. The molecule has 1 amide bonds. The van der Waals surface area contributed by atoms with E-state index < -0.39 is 0 Å². The van der Waals surface area contributed by atoms with Crippen LogP contribution in [0.1, 0.15) is 33.0 Å². The highest BCUT2D eigenvalue weighted by Crippen LogP contribution is 2.19. The van der Waals surface area contributed by atoms with E-state index in [0.717, 1.165) is 22.4 Å². The fourth-order valence-electron chi connectivity index (χ4n) is 3.72. The van der Waals surface area contributed by atoms with Crippen LogP contribution in [0.25, 0.3) is 0 Å². The predicted molar refractivity (Wildman–Crippen MR) is 129 cm³/mol. The van der Waals surface area contributed by atoms with Crippen molar-refractivity contribution in [3.05, 3.63) is 125 Å². The zero-order valence-corrected chi connectivity index (χ0v) is 19.0. The molecule has 0 fully saturated rings. The molecule has 1 N–H and O–H groups in total. The molecular weight excluding hydrogens is 431 g/mol. The lowest BCUT2D eigenvalue weighted by Crippen LogP contribution is -2.23. The van der Waals surface area contributed by atoms with Crippen LogP contribution in [0, 0.1) is 5.82 Å². The van der Waals surface area contributed by atoms with Crippen LogP contribution < -0.4 is 10.1 Å². The van der Waals surface area contributed by atoms with Crippen molar-refractivity contribution in [3.63, 3.8) is 0 Å². The van der Waals surface area contributed by atoms with Crippen molar-refractivity contribution in [2.75, 3.05) is 7.11 Å². The highest BCUT2D eigenvalue weighted by Gasteiger charge is 2.15. The minimum absolute atomic E-state index is 0.262. The van der Waals surface area contributed by atoms with Gasteiger partial charge in [-0.3, -0.25) is 9.69 Å². The minimum Gasteiger partial charge on any atom is -0.497 e. The molecule has 5 nitrogen and oxygen atoms in total. The molecule has 1 heterocycles. The Morgan fingerprint density at radius 3 is 2.32 bits per heavy atom. The van der Waals surface area contributed by atoms with Crippen molar-refractivity contribution >= 4 is 5.91 Å². The Morgan fingerprint density at radius 2 is 1.59 bits per heavy atom. The molecule has 0 unspecified atom stereocenters. The van der Waals surface area contributed by atoms with E-state index in [1.807, 2.05) is 66.7 Å². The summed E-state index contributed by atoms with van der Waals surface area (Å²) in [5.74, 6) is 1.19. The third kappa shape index (κ3) is 6.56. The molecule has 0 aliphatic rings. The van der Waals surface area contributed by atoms with Gasteiger partial charge < -0.3 is 14.5 Å². The summed E-state index contributed by atoms with van der Waals surface area (Å²) in [6.45, 7) is 2.05. The highest BCUT2D eigenvalue weighted by atomic mass is 19.1. The smallest absolute Gasteiger partial charge is 0.287 e. The second-order valence-corrected chi connectivity index (χ2v) is 8.06. The standard InChI is InChI=1S/C28H27FN2O3/c1-33-25-12-10-22(11-13-25)18-31(19-23-8-5-9-24(29)16-23)20-26-14-15-27(34-26)28(32)30-17-21-6-3-2-4-7-21/h2-16H,17-20H2,1H3,(H,30,32).